The van der Waals surface area contributed by atoms with E-state index in [0.29, 0.717) is 21.4 Å². The van der Waals surface area contributed by atoms with Gasteiger partial charge in [-0.25, -0.2) is 13.8 Å². The number of nitrogens with one attached hydrogen (secondary N) is 1. The Morgan fingerprint density at radius 3 is 2.74 bits per heavy atom. The lowest BCUT2D eigenvalue weighted by molar-refractivity contribution is -0.156. The third kappa shape index (κ3) is 3.92. The van der Waals surface area contributed by atoms with Crippen LogP contribution < -0.4 is 5.32 Å². The molecule has 2 aromatic rings. The van der Waals surface area contributed by atoms with Gasteiger partial charge in [-0.2, -0.15) is 0 Å². The second kappa shape index (κ2) is 8.20. The van der Waals surface area contributed by atoms with E-state index in [-0.39, 0.29) is 23.8 Å². The summed E-state index contributed by atoms with van der Waals surface area (Å²) in [6.45, 7) is 9.19. The lowest BCUT2D eigenvalue weighted by Crippen LogP contribution is -2.59. The normalized spacial score (nSPS) is 21.5. The van der Waals surface area contributed by atoms with Crippen molar-refractivity contribution < 1.29 is 13.6 Å². The maximum atomic E-state index is 14.0. The van der Waals surface area contributed by atoms with Gasteiger partial charge in [0.15, 0.2) is 0 Å². The molecule has 4 nitrogen and oxygen atoms in total. The summed E-state index contributed by atoms with van der Waals surface area (Å²) in [5.41, 5.74) is 2.72. The molecule has 0 aliphatic carbocycles. The van der Waals surface area contributed by atoms with Crippen LogP contribution in [0, 0.1) is 11.6 Å². The zero-order valence-corrected chi connectivity index (χ0v) is 19.1. The summed E-state index contributed by atoms with van der Waals surface area (Å²) in [4.78, 5) is 13.6. The smallest absolute Gasteiger partial charge is 0.270 e. The van der Waals surface area contributed by atoms with Crippen molar-refractivity contribution in [1.29, 1.82) is 0 Å². The number of carbonyl (C=O) groups excluding carboxylic acids is 1. The number of hydrogen-bond acceptors (Lipinski definition) is 3. The summed E-state index contributed by atoms with van der Waals surface area (Å²) in [5.74, 6) is -0.933. The zero-order chi connectivity index (χ0) is 22.3. The summed E-state index contributed by atoms with van der Waals surface area (Å²) in [6, 6.07) is 11.0. The van der Waals surface area contributed by atoms with E-state index in [9.17, 15) is 13.6 Å². The van der Waals surface area contributed by atoms with Gasteiger partial charge in [0.2, 0.25) is 0 Å². The topological polar surface area (TPSA) is 35.6 Å². The van der Waals surface area contributed by atoms with Crippen LogP contribution in [0.15, 0.2) is 70.4 Å². The fourth-order valence-corrected chi connectivity index (χ4v) is 4.76. The maximum absolute atomic E-state index is 14.0. The molecular formula is C24H24BrF2N3O. The van der Waals surface area contributed by atoms with Gasteiger partial charge in [0.05, 0.1) is 22.1 Å². The summed E-state index contributed by atoms with van der Waals surface area (Å²) in [7, 11) is 0. The number of amides is 1. The van der Waals surface area contributed by atoms with Crippen LogP contribution in [0.1, 0.15) is 32.3 Å². The fraction of sp³-hybridized carbons (Fsp3) is 0.292. The van der Waals surface area contributed by atoms with Gasteiger partial charge in [-0.15, -0.1) is 0 Å². The standard InChI is InChI=1S/C24H24BrF2N3O/c1-15-22(16(2)28-19-8-9-20(25)21(27)13-19)23(31)29(30-11-5-10-24(15,30)3)14-17-6-4-7-18(26)12-17/h4,6-9,12-13,28H,2,5,10-11,14H2,1,3H3. The van der Waals surface area contributed by atoms with Crippen molar-refractivity contribution in [1.82, 2.24) is 10.0 Å². The van der Waals surface area contributed by atoms with Gasteiger partial charge in [-0.05, 0) is 84.1 Å². The van der Waals surface area contributed by atoms with Gasteiger partial charge in [0.25, 0.3) is 5.91 Å². The molecule has 1 amide bonds. The Bertz CT molecular complexity index is 1100. The molecule has 1 unspecified atom stereocenters. The lowest BCUT2D eigenvalue weighted by atomic mass is 9.84. The first-order chi connectivity index (χ1) is 14.7. The van der Waals surface area contributed by atoms with E-state index in [1.165, 1.54) is 18.2 Å². The number of fused-ring (bicyclic) bond motifs is 1. The van der Waals surface area contributed by atoms with Crippen LogP contribution in [-0.4, -0.2) is 28.0 Å². The molecule has 0 radical (unpaired) electrons. The van der Waals surface area contributed by atoms with Crippen molar-refractivity contribution in [3.05, 3.63) is 87.6 Å². The Balaban J connectivity index is 1.69. The summed E-state index contributed by atoms with van der Waals surface area (Å²) < 4.78 is 28.1. The zero-order valence-electron chi connectivity index (χ0n) is 17.5. The number of rotatable bonds is 5. The highest BCUT2D eigenvalue weighted by Gasteiger charge is 2.49. The first kappa shape index (κ1) is 21.7. The van der Waals surface area contributed by atoms with Crippen molar-refractivity contribution in [2.24, 2.45) is 0 Å². The van der Waals surface area contributed by atoms with Gasteiger partial charge >= 0.3 is 0 Å². The van der Waals surface area contributed by atoms with Crippen LogP contribution in [-0.2, 0) is 11.3 Å². The molecule has 0 spiro atoms. The van der Waals surface area contributed by atoms with E-state index in [2.05, 4.69) is 39.8 Å². The van der Waals surface area contributed by atoms with Gasteiger partial charge in [0.1, 0.15) is 11.6 Å². The molecule has 1 N–H and O–H groups in total. The van der Waals surface area contributed by atoms with Crippen molar-refractivity contribution in [2.75, 3.05) is 11.9 Å². The molecule has 162 valence electrons. The van der Waals surface area contributed by atoms with Crippen LogP contribution in [0.5, 0.6) is 0 Å². The minimum Gasteiger partial charge on any atom is -0.355 e. The molecule has 1 fully saturated rings. The van der Waals surface area contributed by atoms with Crippen molar-refractivity contribution in [3.63, 3.8) is 0 Å². The second-order valence-electron chi connectivity index (χ2n) is 8.23. The highest BCUT2D eigenvalue weighted by molar-refractivity contribution is 9.10. The number of halogens is 3. The Kier molecular flexibility index (Phi) is 5.75. The van der Waals surface area contributed by atoms with Crippen LogP contribution in [0.25, 0.3) is 0 Å². The number of hydrazine groups is 1. The predicted octanol–water partition coefficient (Wildman–Crippen LogP) is 5.78. The quantitative estimate of drug-likeness (QED) is 0.580. The SMILES string of the molecule is C=C(Nc1ccc(Br)c(F)c1)C1=C(C)C2(C)CCCN2N(Cc2cccc(F)c2)C1=O. The second-order valence-corrected chi connectivity index (χ2v) is 9.08. The molecule has 2 heterocycles. The van der Waals surface area contributed by atoms with Gasteiger partial charge in [-0.1, -0.05) is 18.7 Å². The third-order valence-electron chi connectivity index (χ3n) is 6.26. The van der Waals surface area contributed by atoms with E-state index in [4.69, 9.17) is 0 Å². The fourth-order valence-electron chi connectivity index (χ4n) is 4.52. The van der Waals surface area contributed by atoms with Crippen LogP contribution in [0.4, 0.5) is 14.5 Å². The molecular weight excluding hydrogens is 464 g/mol. The number of carbonyl (C=O) groups is 1. The number of hydrogen-bond donors (Lipinski definition) is 1. The average Bonchev–Trinajstić information content (AvgIpc) is 3.11. The first-order valence-corrected chi connectivity index (χ1v) is 11.0. The van der Waals surface area contributed by atoms with Crippen molar-refractivity contribution >= 4 is 27.5 Å². The average molecular weight is 488 g/mol. The highest BCUT2D eigenvalue weighted by atomic mass is 79.9. The largest absolute Gasteiger partial charge is 0.355 e. The van der Waals surface area contributed by atoms with E-state index in [1.54, 1.807) is 23.2 Å². The van der Waals surface area contributed by atoms with E-state index < -0.39 is 5.82 Å². The Hall–Kier alpha value is -2.51. The molecule has 31 heavy (non-hydrogen) atoms. The summed E-state index contributed by atoms with van der Waals surface area (Å²) >= 11 is 3.15. The number of benzene rings is 2. The maximum Gasteiger partial charge on any atom is 0.270 e. The summed E-state index contributed by atoms with van der Waals surface area (Å²) in [5, 5.41) is 6.87. The minimum atomic E-state index is -0.403. The van der Waals surface area contributed by atoms with Crippen molar-refractivity contribution in [2.45, 2.75) is 38.8 Å². The van der Waals surface area contributed by atoms with Crippen LogP contribution in [0.3, 0.4) is 0 Å². The molecule has 1 atom stereocenters. The predicted molar refractivity (Wildman–Crippen MR) is 121 cm³/mol. The molecule has 2 aliphatic rings. The van der Waals surface area contributed by atoms with E-state index in [0.717, 1.165) is 30.5 Å². The van der Waals surface area contributed by atoms with Gasteiger partial charge in [0, 0.05) is 17.9 Å². The summed E-state index contributed by atoms with van der Waals surface area (Å²) in [6.07, 6.45) is 1.85. The number of nitrogens with zero attached hydrogens (tertiary/aromatic N) is 2. The van der Waals surface area contributed by atoms with Crippen molar-refractivity contribution in [3.8, 4) is 0 Å². The number of anilines is 1. The molecule has 7 heteroatoms. The Labute approximate surface area is 189 Å². The highest BCUT2D eigenvalue weighted by Crippen LogP contribution is 2.43. The molecule has 1 saturated heterocycles. The van der Waals surface area contributed by atoms with E-state index >= 15 is 0 Å². The van der Waals surface area contributed by atoms with Gasteiger partial charge in [-0.3, -0.25) is 9.80 Å². The molecule has 2 aliphatic heterocycles. The molecule has 4 rings (SSSR count). The molecule has 0 saturated carbocycles. The van der Waals surface area contributed by atoms with Crippen LogP contribution in [0.2, 0.25) is 0 Å². The minimum absolute atomic E-state index is 0.198. The lowest BCUT2D eigenvalue weighted by Gasteiger charge is -2.48. The molecule has 2 aromatic carbocycles. The Morgan fingerprint density at radius 1 is 1.26 bits per heavy atom. The van der Waals surface area contributed by atoms with Gasteiger partial charge < -0.3 is 5.32 Å². The Morgan fingerprint density at radius 2 is 2.03 bits per heavy atom. The van der Waals surface area contributed by atoms with E-state index in [1.807, 2.05) is 13.0 Å². The monoisotopic (exact) mass is 487 g/mol. The first-order valence-electron chi connectivity index (χ1n) is 10.2. The van der Waals surface area contributed by atoms with Crippen LogP contribution >= 0.6 is 15.9 Å². The molecule has 0 bridgehead atoms. The third-order valence-corrected chi connectivity index (χ3v) is 6.91. The molecule has 0 aromatic heterocycles.